The molecule has 1 unspecified atom stereocenters. The van der Waals surface area contributed by atoms with Crippen LogP contribution in [-0.4, -0.2) is 29.3 Å². The molecule has 30 heavy (non-hydrogen) atoms. The maximum absolute atomic E-state index is 13.0. The Bertz CT molecular complexity index is 1050. The molecule has 1 aliphatic heterocycles. The van der Waals surface area contributed by atoms with Crippen LogP contribution in [0, 0.1) is 11.3 Å². The van der Waals surface area contributed by atoms with Crippen molar-refractivity contribution < 1.29 is 14.4 Å². The van der Waals surface area contributed by atoms with Crippen molar-refractivity contribution in [3.8, 4) is 6.07 Å². The Balaban J connectivity index is 1.75. The van der Waals surface area contributed by atoms with Gasteiger partial charge in [0.05, 0.1) is 11.6 Å². The van der Waals surface area contributed by atoms with Gasteiger partial charge < -0.3 is 10.6 Å². The van der Waals surface area contributed by atoms with Gasteiger partial charge in [-0.15, -0.1) is 0 Å². The Kier molecular flexibility index (Phi) is 5.36. The van der Waals surface area contributed by atoms with Gasteiger partial charge >= 0.3 is 6.03 Å². The van der Waals surface area contributed by atoms with Gasteiger partial charge in [-0.1, -0.05) is 51.1 Å². The number of rotatable bonds is 4. The first-order chi connectivity index (χ1) is 14.0. The number of nitrogens with one attached hydrogen (secondary N) is 2. The number of hydrogen-bond acceptors (Lipinski definition) is 4. The number of carbonyl (C=O) groups excluding carboxylic acids is 3. The summed E-state index contributed by atoms with van der Waals surface area (Å²) in [7, 11) is 0. The highest BCUT2D eigenvalue weighted by Crippen LogP contribution is 2.31. The average Bonchev–Trinajstić information content (AvgIpc) is 2.91. The van der Waals surface area contributed by atoms with Crippen molar-refractivity contribution in [2.24, 2.45) is 0 Å². The van der Waals surface area contributed by atoms with Crippen molar-refractivity contribution in [2.45, 2.75) is 38.6 Å². The summed E-state index contributed by atoms with van der Waals surface area (Å²) in [5.74, 6) is -1.02. The molecule has 1 aliphatic rings. The lowest BCUT2D eigenvalue weighted by Crippen LogP contribution is -2.42. The van der Waals surface area contributed by atoms with E-state index in [9.17, 15) is 14.4 Å². The third kappa shape index (κ3) is 4.03. The number of imide groups is 1. The molecule has 7 nitrogen and oxygen atoms in total. The summed E-state index contributed by atoms with van der Waals surface area (Å²) in [6, 6.07) is 15.3. The van der Waals surface area contributed by atoms with Crippen LogP contribution in [0.2, 0.25) is 0 Å². The molecule has 0 saturated carbocycles. The summed E-state index contributed by atoms with van der Waals surface area (Å²) < 4.78 is 0. The molecule has 1 heterocycles. The SMILES string of the molecule is CC(C)(C)c1ccc(C2(C)NC(=O)N(CC(=O)Nc3cccc(C#N)c3)C2=O)cc1. The van der Waals surface area contributed by atoms with Crippen LogP contribution in [-0.2, 0) is 20.5 Å². The van der Waals surface area contributed by atoms with E-state index in [1.165, 1.54) is 6.07 Å². The lowest BCUT2D eigenvalue weighted by Gasteiger charge is -2.24. The van der Waals surface area contributed by atoms with E-state index in [1.807, 2.05) is 30.3 Å². The van der Waals surface area contributed by atoms with Crippen molar-refractivity contribution in [2.75, 3.05) is 11.9 Å². The smallest absolute Gasteiger partial charge is 0.324 e. The molecule has 0 spiro atoms. The Morgan fingerprint density at radius 3 is 2.43 bits per heavy atom. The molecule has 3 rings (SSSR count). The molecule has 0 bridgehead atoms. The highest BCUT2D eigenvalue weighted by molar-refractivity contribution is 6.10. The molecule has 0 radical (unpaired) electrons. The van der Waals surface area contributed by atoms with Crippen LogP contribution in [0.1, 0.15) is 44.4 Å². The minimum Gasteiger partial charge on any atom is -0.324 e. The number of benzene rings is 2. The van der Waals surface area contributed by atoms with Gasteiger partial charge in [0.25, 0.3) is 5.91 Å². The second kappa shape index (κ2) is 7.64. The topological polar surface area (TPSA) is 102 Å². The monoisotopic (exact) mass is 404 g/mol. The highest BCUT2D eigenvalue weighted by Gasteiger charge is 2.49. The summed E-state index contributed by atoms with van der Waals surface area (Å²) in [5, 5.41) is 14.3. The zero-order valence-corrected chi connectivity index (χ0v) is 17.4. The van der Waals surface area contributed by atoms with E-state index >= 15 is 0 Å². The van der Waals surface area contributed by atoms with Crippen LogP contribution in [0.3, 0.4) is 0 Å². The Morgan fingerprint density at radius 2 is 1.83 bits per heavy atom. The fourth-order valence-electron chi connectivity index (χ4n) is 3.35. The van der Waals surface area contributed by atoms with Crippen molar-refractivity contribution in [3.63, 3.8) is 0 Å². The van der Waals surface area contributed by atoms with Crippen LogP contribution in [0.15, 0.2) is 48.5 Å². The maximum Gasteiger partial charge on any atom is 0.325 e. The third-order valence-corrected chi connectivity index (χ3v) is 5.18. The Morgan fingerprint density at radius 1 is 1.17 bits per heavy atom. The van der Waals surface area contributed by atoms with Crippen molar-refractivity contribution in [1.82, 2.24) is 10.2 Å². The van der Waals surface area contributed by atoms with Crippen LogP contribution in [0.5, 0.6) is 0 Å². The normalized spacial score (nSPS) is 18.7. The zero-order valence-electron chi connectivity index (χ0n) is 17.4. The van der Waals surface area contributed by atoms with Crippen molar-refractivity contribution in [3.05, 3.63) is 65.2 Å². The second-order valence-corrected chi connectivity index (χ2v) is 8.51. The van der Waals surface area contributed by atoms with Gasteiger partial charge in [-0.3, -0.25) is 14.5 Å². The molecule has 1 atom stereocenters. The van der Waals surface area contributed by atoms with Gasteiger partial charge in [-0.05, 0) is 41.7 Å². The first kappa shape index (κ1) is 21.1. The number of carbonyl (C=O) groups is 3. The van der Waals surface area contributed by atoms with Gasteiger partial charge in [0, 0.05) is 5.69 Å². The number of anilines is 1. The molecule has 1 fully saturated rings. The van der Waals surface area contributed by atoms with E-state index in [0.717, 1.165) is 10.5 Å². The maximum atomic E-state index is 13.0. The fraction of sp³-hybridized carbons (Fsp3) is 0.304. The Hall–Kier alpha value is -3.66. The number of nitriles is 1. The third-order valence-electron chi connectivity index (χ3n) is 5.18. The van der Waals surface area contributed by atoms with Gasteiger partial charge in [0.2, 0.25) is 5.91 Å². The van der Waals surface area contributed by atoms with Crippen LogP contribution < -0.4 is 10.6 Å². The van der Waals surface area contributed by atoms with E-state index in [2.05, 4.69) is 31.4 Å². The molecular formula is C23H24N4O3. The predicted octanol–water partition coefficient (Wildman–Crippen LogP) is 3.26. The largest absolute Gasteiger partial charge is 0.325 e. The lowest BCUT2D eigenvalue weighted by atomic mass is 9.84. The van der Waals surface area contributed by atoms with Crippen LogP contribution in [0.4, 0.5) is 10.5 Å². The first-order valence-corrected chi connectivity index (χ1v) is 9.60. The highest BCUT2D eigenvalue weighted by atomic mass is 16.2. The van der Waals surface area contributed by atoms with E-state index in [4.69, 9.17) is 5.26 Å². The van der Waals surface area contributed by atoms with Gasteiger partial charge in [0.15, 0.2) is 0 Å². The number of nitrogens with zero attached hydrogens (tertiary/aromatic N) is 2. The summed E-state index contributed by atoms with van der Waals surface area (Å²) >= 11 is 0. The molecule has 154 valence electrons. The van der Waals surface area contributed by atoms with Crippen molar-refractivity contribution >= 4 is 23.5 Å². The van der Waals surface area contributed by atoms with E-state index in [-0.39, 0.29) is 5.41 Å². The van der Waals surface area contributed by atoms with Crippen LogP contribution >= 0.6 is 0 Å². The van der Waals surface area contributed by atoms with E-state index < -0.39 is 29.9 Å². The van der Waals surface area contributed by atoms with E-state index in [1.54, 1.807) is 25.1 Å². The molecule has 2 aromatic carbocycles. The standard InChI is InChI=1S/C23H24N4O3/c1-22(2,3)16-8-10-17(11-9-16)23(4)20(29)27(21(30)26-23)14-19(28)25-18-7-5-6-15(12-18)13-24/h5-12H,14H2,1-4H3,(H,25,28)(H,26,30). The summed E-state index contributed by atoms with van der Waals surface area (Å²) in [6.07, 6.45) is 0. The molecule has 1 saturated heterocycles. The predicted molar refractivity (Wildman–Crippen MR) is 113 cm³/mol. The molecule has 0 aliphatic carbocycles. The molecule has 7 heteroatoms. The molecule has 0 aromatic heterocycles. The quantitative estimate of drug-likeness (QED) is 0.764. The zero-order chi connectivity index (χ0) is 22.1. The molecule has 2 N–H and O–H groups in total. The minimum atomic E-state index is -1.24. The molecular weight excluding hydrogens is 380 g/mol. The molecule has 4 amide bonds. The number of urea groups is 1. The molecule has 2 aromatic rings. The first-order valence-electron chi connectivity index (χ1n) is 9.60. The summed E-state index contributed by atoms with van der Waals surface area (Å²) in [4.78, 5) is 38.8. The average molecular weight is 404 g/mol. The van der Waals surface area contributed by atoms with Gasteiger partial charge in [-0.2, -0.15) is 5.26 Å². The van der Waals surface area contributed by atoms with Gasteiger partial charge in [0.1, 0.15) is 12.1 Å². The number of hydrogen-bond donors (Lipinski definition) is 2. The van der Waals surface area contributed by atoms with E-state index in [0.29, 0.717) is 16.8 Å². The minimum absolute atomic E-state index is 0.0324. The lowest BCUT2D eigenvalue weighted by molar-refractivity contribution is -0.133. The summed E-state index contributed by atoms with van der Waals surface area (Å²) in [5.41, 5.74) is 1.31. The Labute approximate surface area is 175 Å². The summed E-state index contributed by atoms with van der Waals surface area (Å²) in [6.45, 7) is 7.50. The van der Waals surface area contributed by atoms with Gasteiger partial charge in [-0.25, -0.2) is 4.79 Å². The van der Waals surface area contributed by atoms with Crippen LogP contribution in [0.25, 0.3) is 0 Å². The number of amides is 4. The second-order valence-electron chi connectivity index (χ2n) is 8.51. The van der Waals surface area contributed by atoms with Crippen molar-refractivity contribution in [1.29, 1.82) is 5.26 Å². The fourth-order valence-corrected chi connectivity index (χ4v) is 3.35.